The number of fused-ring (bicyclic) bond motifs is 1. The smallest absolute Gasteiger partial charge is 0.255 e. The van der Waals surface area contributed by atoms with Crippen LogP contribution in [0.4, 0.5) is 0 Å². The van der Waals surface area contributed by atoms with E-state index in [1.54, 1.807) is 4.90 Å². The number of halogens is 1. The van der Waals surface area contributed by atoms with Crippen molar-refractivity contribution in [2.75, 3.05) is 19.6 Å². The van der Waals surface area contributed by atoms with Crippen LogP contribution in [0.1, 0.15) is 48.2 Å². The zero-order valence-corrected chi connectivity index (χ0v) is 19.6. The van der Waals surface area contributed by atoms with Gasteiger partial charge < -0.3 is 10.2 Å². The largest absolute Gasteiger partial charge is 0.354 e. The van der Waals surface area contributed by atoms with Gasteiger partial charge in [-0.1, -0.05) is 55.8 Å². The Morgan fingerprint density at radius 1 is 1.12 bits per heavy atom. The van der Waals surface area contributed by atoms with Gasteiger partial charge in [0, 0.05) is 30.2 Å². The summed E-state index contributed by atoms with van der Waals surface area (Å²) in [7, 11) is 0. The molecule has 2 amide bonds. The summed E-state index contributed by atoms with van der Waals surface area (Å²) in [5.41, 5.74) is 2.96. The molecule has 5 nitrogen and oxygen atoms in total. The van der Waals surface area contributed by atoms with Crippen molar-refractivity contribution < 1.29 is 9.59 Å². The minimum absolute atomic E-state index is 0.0382. The van der Waals surface area contributed by atoms with Crippen LogP contribution >= 0.6 is 11.6 Å². The lowest BCUT2D eigenvalue weighted by Crippen LogP contribution is -2.51. The van der Waals surface area contributed by atoms with Crippen molar-refractivity contribution in [2.24, 2.45) is 11.8 Å². The number of carbonyl (C=O) groups is 2. The number of hydrogen-bond acceptors (Lipinski definition) is 3. The third-order valence-corrected chi connectivity index (χ3v) is 6.89. The average molecular weight is 454 g/mol. The molecule has 2 heterocycles. The number of nitrogens with one attached hydrogen (secondary N) is 1. The van der Waals surface area contributed by atoms with Crippen LogP contribution in [0.15, 0.2) is 48.5 Å². The summed E-state index contributed by atoms with van der Waals surface area (Å²) in [4.78, 5) is 30.2. The average Bonchev–Trinajstić information content (AvgIpc) is 3.09. The van der Waals surface area contributed by atoms with Gasteiger partial charge >= 0.3 is 0 Å². The second kappa shape index (κ2) is 10.1. The lowest BCUT2D eigenvalue weighted by molar-refractivity contribution is -0.127. The van der Waals surface area contributed by atoms with Gasteiger partial charge in [-0.25, -0.2) is 0 Å². The second-order valence-electron chi connectivity index (χ2n) is 9.37. The van der Waals surface area contributed by atoms with Gasteiger partial charge in [-0.05, 0) is 67.1 Å². The van der Waals surface area contributed by atoms with E-state index in [4.69, 9.17) is 11.6 Å². The molecular weight excluding hydrogens is 422 g/mol. The maximum Gasteiger partial charge on any atom is 0.255 e. The summed E-state index contributed by atoms with van der Waals surface area (Å²) in [6.45, 7) is 8.13. The van der Waals surface area contributed by atoms with E-state index in [9.17, 15) is 9.59 Å². The fraction of sp³-hybridized carbons (Fsp3) is 0.462. The lowest BCUT2D eigenvalue weighted by atomic mass is 9.95. The quantitative estimate of drug-likeness (QED) is 0.678. The van der Waals surface area contributed by atoms with Crippen molar-refractivity contribution in [1.82, 2.24) is 15.1 Å². The van der Waals surface area contributed by atoms with Gasteiger partial charge in [0.25, 0.3) is 5.91 Å². The van der Waals surface area contributed by atoms with Crippen LogP contribution in [-0.2, 0) is 17.9 Å². The number of likely N-dealkylation sites (tertiary alicyclic amines) is 1. The van der Waals surface area contributed by atoms with E-state index >= 15 is 0 Å². The van der Waals surface area contributed by atoms with Gasteiger partial charge in [0.1, 0.15) is 6.04 Å². The molecule has 2 aliphatic rings. The van der Waals surface area contributed by atoms with Gasteiger partial charge in [0.05, 0.1) is 0 Å². The van der Waals surface area contributed by atoms with E-state index < -0.39 is 6.04 Å². The highest BCUT2D eigenvalue weighted by Crippen LogP contribution is 2.27. The Balaban J connectivity index is 1.28. The molecule has 2 aliphatic heterocycles. The molecule has 0 radical (unpaired) electrons. The molecule has 1 fully saturated rings. The van der Waals surface area contributed by atoms with Gasteiger partial charge in [-0.2, -0.15) is 0 Å². The summed E-state index contributed by atoms with van der Waals surface area (Å²) in [5, 5.41) is 3.94. The van der Waals surface area contributed by atoms with Crippen molar-refractivity contribution in [2.45, 2.75) is 45.8 Å². The Morgan fingerprint density at radius 2 is 1.88 bits per heavy atom. The number of nitrogens with zero attached hydrogens (tertiary/aromatic N) is 2. The first kappa shape index (κ1) is 22.8. The first-order valence-electron chi connectivity index (χ1n) is 11.6. The summed E-state index contributed by atoms with van der Waals surface area (Å²) < 4.78 is 0. The number of carbonyl (C=O) groups excluding carboxylic acids is 2. The van der Waals surface area contributed by atoms with Gasteiger partial charge in [-0.3, -0.25) is 14.5 Å². The molecule has 6 heteroatoms. The first-order valence-corrected chi connectivity index (χ1v) is 11.9. The van der Waals surface area contributed by atoms with Crippen molar-refractivity contribution in [3.05, 3.63) is 70.2 Å². The molecule has 2 aromatic rings. The molecule has 0 spiro atoms. The monoisotopic (exact) mass is 453 g/mol. The van der Waals surface area contributed by atoms with Crippen LogP contribution in [-0.4, -0.2) is 47.3 Å². The normalized spacial score (nSPS) is 18.1. The van der Waals surface area contributed by atoms with Crippen molar-refractivity contribution in [3.63, 3.8) is 0 Å². The predicted octanol–water partition coefficient (Wildman–Crippen LogP) is 4.35. The summed E-state index contributed by atoms with van der Waals surface area (Å²) in [6, 6.07) is 15.2. The molecule has 2 aromatic carbocycles. The fourth-order valence-corrected chi connectivity index (χ4v) is 5.11. The maximum absolute atomic E-state index is 13.1. The number of rotatable bonds is 7. The molecule has 0 saturated carbocycles. The molecule has 1 N–H and O–H groups in total. The summed E-state index contributed by atoms with van der Waals surface area (Å²) in [6.07, 6.45) is 2.11. The van der Waals surface area contributed by atoms with Crippen molar-refractivity contribution >= 4 is 23.4 Å². The minimum atomic E-state index is -0.446. The number of amides is 2. The Kier molecular flexibility index (Phi) is 7.17. The van der Waals surface area contributed by atoms with E-state index in [0.29, 0.717) is 19.0 Å². The third kappa shape index (κ3) is 5.16. The number of piperidine rings is 1. The summed E-state index contributed by atoms with van der Waals surface area (Å²) in [5.74, 6) is 0.438. The standard InChI is InChI=1S/C26H32ClN3O2/c1-18(2)24(30-17-21-7-3-4-9-23(21)26(30)32)25(31)28-15-19-10-12-29(13-11-19)16-20-6-5-8-22(27)14-20/h3-9,14,18-19,24H,10-13,15-17H2,1-2H3,(H,28,31)/t24-/m0/s1. The highest BCUT2D eigenvalue weighted by Gasteiger charge is 2.38. The molecule has 0 aromatic heterocycles. The maximum atomic E-state index is 13.1. The van der Waals surface area contributed by atoms with Crippen LogP contribution < -0.4 is 5.32 Å². The van der Waals surface area contributed by atoms with E-state index in [0.717, 1.165) is 48.6 Å². The van der Waals surface area contributed by atoms with Crippen LogP contribution in [0.3, 0.4) is 0 Å². The molecule has 1 atom stereocenters. The second-order valence-corrected chi connectivity index (χ2v) is 9.81. The lowest BCUT2D eigenvalue weighted by Gasteiger charge is -2.33. The van der Waals surface area contributed by atoms with Crippen molar-refractivity contribution in [1.29, 1.82) is 0 Å². The first-order chi connectivity index (χ1) is 15.4. The summed E-state index contributed by atoms with van der Waals surface area (Å²) >= 11 is 6.10. The van der Waals surface area contributed by atoms with Gasteiger partial charge in [0.15, 0.2) is 0 Å². The Hall–Kier alpha value is -2.37. The predicted molar refractivity (Wildman–Crippen MR) is 127 cm³/mol. The Labute approximate surface area is 195 Å². The fourth-order valence-electron chi connectivity index (χ4n) is 4.90. The third-order valence-electron chi connectivity index (χ3n) is 6.65. The molecule has 170 valence electrons. The zero-order chi connectivity index (χ0) is 22.7. The minimum Gasteiger partial charge on any atom is -0.354 e. The topological polar surface area (TPSA) is 52.7 Å². The van der Waals surface area contributed by atoms with E-state index in [2.05, 4.69) is 16.3 Å². The van der Waals surface area contributed by atoms with E-state index in [1.165, 1.54) is 5.56 Å². The molecule has 0 unspecified atom stereocenters. The van der Waals surface area contributed by atoms with Crippen molar-refractivity contribution in [3.8, 4) is 0 Å². The number of benzene rings is 2. The van der Waals surface area contributed by atoms with Gasteiger partial charge in [0.2, 0.25) is 5.91 Å². The van der Waals surface area contributed by atoms with E-state index in [-0.39, 0.29) is 17.7 Å². The van der Waals surface area contributed by atoms with Crippen LogP contribution in [0.2, 0.25) is 5.02 Å². The Bertz CT molecular complexity index is 969. The Morgan fingerprint density at radius 3 is 2.56 bits per heavy atom. The van der Waals surface area contributed by atoms with E-state index in [1.807, 2.05) is 56.3 Å². The van der Waals surface area contributed by atoms with Crippen LogP contribution in [0.5, 0.6) is 0 Å². The van der Waals surface area contributed by atoms with Crippen LogP contribution in [0.25, 0.3) is 0 Å². The molecular formula is C26H32ClN3O2. The van der Waals surface area contributed by atoms with Crippen LogP contribution in [0, 0.1) is 11.8 Å². The SMILES string of the molecule is CC(C)[C@@H](C(=O)NCC1CCN(Cc2cccc(Cl)c2)CC1)N1Cc2ccccc2C1=O. The molecule has 4 rings (SSSR count). The number of hydrogen-bond donors (Lipinski definition) is 1. The highest BCUT2D eigenvalue weighted by molar-refractivity contribution is 6.30. The molecule has 0 bridgehead atoms. The molecule has 1 saturated heterocycles. The van der Waals surface area contributed by atoms with Gasteiger partial charge in [-0.15, -0.1) is 0 Å². The molecule has 0 aliphatic carbocycles. The highest BCUT2D eigenvalue weighted by atomic mass is 35.5. The molecule has 32 heavy (non-hydrogen) atoms. The zero-order valence-electron chi connectivity index (χ0n) is 18.9.